The Morgan fingerprint density at radius 2 is 1.88 bits per heavy atom. The molecular formula is C17H13F3N4O2. The summed E-state index contributed by atoms with van der Waals surface area (Å²) in [5.74, 6) is -1.02. The van der Waals surface area contributed by atoms with Crippen LogP contribution >= 0.6 is 0 Å². The van der Waals surface area contributed by atoms with Gasteiger partial charge in [-0.2, -0.15) is 18.3 Å². The zero-order valence-electron chi connectivity index (χ0n) is 13.3. The van der Waals surface area contributed by atoms with E-state index in [4.69, 9.17) is 0 Å². The van der Waals surface area contributed by atoms with Crippen LogP contribution in [0.2, 0.25) is 0 Å². The van der Waals surface area contributed by atoms with Gasteiger partial charge < -0.3 is 4.90 Å². The maximum Gasteiger partial charge on any atom is 0.416 e. The van der Waals surface area contributed by atoms with E-state index in [1.165, 1.54) is 24.5 Å². The fourth-order valence-electron chi connectivity index (χ4n) is 2.39. The summed E-state index contributed by atoms with van der Waals surface area (Å²) in [4.78, 5) is 29.4. The number of pyridine rings is 1. The molecule has 1 aliphatic rings. The van der Waals surface area contributed by atoms with E-state index >= 15 is 0 Å². The molecular weight excluding hydrogens is 349 g/mol. The highest BCUT2D eigenvalue weighted by atomic mass is 19.4. The Labute approximate surface area is 146 Å². The number of anilines is 1. The van der Waals surface area contributed by atoms with Crippen LogP contribution in [0.1, 0.15) is 11.1 Å². The number of carbonyl (C=O) groups excluding carboxylic acids is 2. The monoisotopic (exact) mass is 362 g/mol. The Bertz CT molecular complexity index is 853. The summed E-state index contributed by atoms with van der Waals surface area (Å²) >= 11 is 0. The van der Waals surface area contributed by atoms with Gasteiger partial charge >= 0.3 is 6.18 Å². The van der Waals surface area contributed by atoms with E-state index in [0.717, 1.165) is 22.0 Å². The summed E-state index contributed by atoms with van der Waals surface area (Å²) < 4.78 is 38.5. The molecule has 0 saturated carbocycles. The van der Waals surface area contributed by atoms with Gasteiger partial charge in [-0.05, 0) is 24.3 Å². The first kappa shape index (κ1) is 17.6. The number of aromatic nitrogens is 1. The third-order valence-corrected chi connectivity index (χ3v) is 3.68. The van der Waals surface area contributed by atoms with E-state index in [0.29, 0.717) is 5.56 Å². The minimum atomic E-state index is -4.53. The van der Waals surface area contributed by atoms with Crippen LogP contribution in [0.4, 0.5) is 18.9 Å². The summed E-state index contributed by atoms with van der Waals surface area (Å²) in [6, 6.07) is 7.73. The number of nitrogens with zero attached hydrogens (tertiary/aromatic N) is 4. The number of hydrazone groups is 1. The first-order valence-electron chi connectivity index (χ1n) is 7.56. The van der Waals surface area contributed by atoms with Crippen LogP contribution in [-0.4, -0.2) is 41.1 Å². The highest BCUT2D eigenvalue weighted by Gasteiger charge is 2.34. The molecule has 0 radical (unpaired) electrons. The standard InChI is InChI=1S/C17H13F3N4O2/c18-17(19,20)13-4-1-5-14(7-13)23-10-16(26)24(11-15(23)25)22-9-12-3-2-6-21-8-12/h1-9H,10-11H2. The van der Waals surface area contributed by atoms with E-state index < -0.39 is 23.6 Å². The van der Waals surface area contributed by atoms with Crippen molar-refractivity contribution >= 4 is 23.7 Å². The molecule has 6 nitrogen and oxygen atoms in total. The zero-order chi connectivity index (χ0) is 18.7. The summed E-state index contributed by atoms with van der Waals surface area (Å²) in [6.45, 7) is -0.740. The Hall–Kier alpha value is -3.23. The Balaban J connectivity index is 1.76. The van der Waals surface area contributed by atoms with Crippen molar-refractivity contribution in [1.29, 1.82) is 0 Å². The van der Waals surface area contributed by atoms with E-state index in [1.807, 2.05) is 0 Å². The number of benzene rings is 1. The lowest BCUT2D eigenvalue weighted by atomic mass is 10.1. The van der Waals surface area contributed by atoms with E-state index in [1.54, 1.807) is 18.3 Å². The number of carbonyl (C=O) groups is 2. The number of amides is 2. The highest BCUT2D eigenvalue weighted by molar-refractivity contribution is 6.04. The second kappa shape index (κ2) is 6.95. The van der Waals surface area contributed by atoms with Crippen molar-refractivity contribution < 1.29 is 22.8 Å². The van der Waals surface area contributed by atoms with Crippen LogP contribution in [-0.2, 0) is 15.8 Å². The third-order valence-electron chi connectivity index (χ3n) is 3.68. The smallest absolute Gasteiger partial charge is 0.301 e. The van der Waals surface area contributed by atoms with Crippen LogP contribution in [0.15, 0.2) is 53.9 Å². The molecule has 134 valence electrons. The second-order valence-corrected chi connectivity index (χ2v) is 5.51. The Morgan fingerprint density at radius 1 is 1.08 bits per heavy atom. The number of hydrogen-bond donors (Lipinski definition) is 0. The van der Waals surface area contributed by atoms with Gasteiger partial charge in [0.25, 0.3) is 5.91 Å². The molecule has 2 heterocycles. The molecule has 26 heavy (non-hydrogen) atoms. The quantitative estimate of drug-likeness (QED) is 0.787. The van der Waals surface area contributed by atoms with Crippen LogP contribution in [0.25, 0.3) is 0 Å². The molecule has 1 aromatic heterocycles. The van der Waals surface area contributed by atoms with Gasteiger partial charge in [0.1, 0.15) is 13.1 Å². The SMILES string of the molecule is O=C1CN(c2cccc(C(F)(F)F)c2)C(=O)CN1N=Cc1cccnc1. The molecule has 9 heteroatoms. The maximum atomic E-state index is 12.8. The minimum Gasteiger partial charge on any atom is -0.301 e. The van der Waals surface area contributed by atoms with Crippen molar-refractivity contribution in [3.05, 3.63) is 59.9 Å². The molecule has 0 unspecified atom stereocenters. The molecule has 1 fully saturated rings. The van der Waals surface area contributed by atoms with Gasteiger partial charge in [0.15, 0.2) is 0 Å². The summed E-state index contributed by atoms with van der Waals surface area (Å²) in [6.07, 6.45) is -0.0223. The molecule has 0 N–H and O–H groups in total. The summed E-state index contributed by atoms with van der Waals surface area (Å²) in [5, 5.41) is 4.95. The van der Waals surface area contributed by atoms with Gasteiger partial charge in [0.05, 0.1) is 11.8 Å². The zero-order valence-corrected chi connectivity index (χ0v) is 13.3. The minimum absolute atomic E-state index is 0.0223. The number of hydrogen-bond acceptors (Lipinski definition) is 4. The number of halogens is 3. The fraction of sp³-hybridized carbons (Fsp3) is 0.176. The lowest BCUT2D eigenvalue weighted by Gasteiger charge is -2.31. The summed E-state index contributed by atoms with van der Waals surface area (Å²) in [5.41, 5.74) is -0.214. The predicted octanol–water partition coefficient (Wildman–Crippen LogP) is 2.31. The molecule has 2 aromatic rings. The highest BCUT2D eigenvalue weighted by Crippen LogP contribution is 2.32. The van der Waals surface area contributed by atoms with Crippen LogP contribution in [0, 0.1) is 0 Å². The molecule has 3 rings (SSSR count). The van der Waals surface area contributed by atoms with Crippen molar-refractivity contribution in [3.63, 3.8) is 0 Å². The van der Waals surface area contributed by atoms with Crippen molar-refractivity contribution in [2.75, 3.05) is 18.0 Å². The maximum absolute atomic E-state index is 12.8. The fourth-order valence-corrected chi connectivity index (χ4v) is 2.39. The molecule has 1 aliphatic heterocycles. The van der Waals surface area contributed by atoms with Gasteiger partial charge in [-0.15, -0.1) is 0 Å². The normalized spacial score (nSPS) is 15.8. The first-order valence-corrected chi connectivity index (χ1v) is 7.56. The molecule has 1 aromatic carbocycles. The van der Waals surface area contributed by atoms with Gasteiger partial charge in [-0.25, -0.2) is 5.01 Å². The average molecular weight is 362 g/mol. The van der Waals surface area contributed by atoms with E-state index in [-0.39, 0.29) is 18.8 Å². The molecule has 0 aliphatic carbocycles. The van der Waals surface area contributed by atoms with Crippen LogP contribution in [0.3, 0.4) is 0 Å². The van der Waals surface area contributed by atoms with Crippen molar-refractivity contribution in [2.24, 2.45) is 5.10 Å². The van der Waals surface area contributed by atoms with Gasteiger partial charge in [0.2, 0.25) is 5.91 Å². The lowest BCUT2D eigenvalue weighted by Crippen LogP contribution is -2.52. The largest absolute Gasteiger partial charge is 0.416 e. The van der Waals surface area contributed by atoms with Crippen molar-refractivity contribution in [1.82, 2.24) is 9.99 Å². The van der Waals surface area contributed by atoms with Gasteiger partial charge in [0, 0.05) is 23.6 Å². The molecule has 0 bridgehead atoms. The number of piperazine rings is 1. The third kappa shape index (κ3) is 3.88. The van der Waals surface area contributed by atoms with Crippen molar-refractivity contribution in [2.45, 2.75) is 6.18 Å². The number of rotatable bonds is 3. The molecule has 0 spiro atoms. The Morgan fingerprint density at radius 3 is 2.58 bits per heavy atom. The van der Waals surface area contributed by atoms with E-state index in [9.17, 15) is 22.8 Å². The average Bonchev–Trinajstić information content (AvgIpc) is 2.62. The molecule has 2 amide bonds. The summed E-state index contributed by atoms with van der Waals surface area (Å²) in [7, 11) is 0. The van der Waals surface area contributed by atoms with Crippen molar-refractivity contribution in [3.8, 4) is 0 Å². The van der Waals surface area contributed by atoms with Crippen LogP contribution < -0.4 is 4.90 Å². The lowest BCUT2D eigenvalue weighted by molar-refractivity contribution is -0.138. The van der Waals surface area contributed by atoms with E-state index in [2.05, 4.69) is 10.1 Å². The topological polar surface area (TPSA) is 65.9 Å². The number of alkyl halides is 3. The molecule has 0 atom stereocenters. The van der Waals surface area contributed by atoms with Crippen LogP contribution in [0.5, 0.6) is 0 Å². The van der Waals surface area contributed by atoms with Gasteiger partial charge in [-0.1, -0.05) is 12.1 Å². The second-order valence-electron chi connectivity index (χ2n) is 5.51. The first-order chi connectivity index (χ1) is 12.3. The van der Waals surface area contributed by atoms with Gasteiger partial charge in [-0.3, -0.25) is 14.6 Å². The predicted molar refractivity (Wildman–Crippen MR) is 87.3 cm³/mol. The Kier molecular flexibility index (Phi) is 4.70. The molecule has 1 saturated heterocycles.